The molecule has 6 heteroatoms. The first-order valence-electron chi connectivity index (χ1n) is 7.99. The van der Waals surface area contributed by atoms with Gasteiger partial charge < -0.3 is 19.9 Å². The maximum atomic E-state index is 12.4. The summed E-state index contributed by atoms with van der Waals surface area (Å²) in [7, 11) is 0. The first-order chi connectivity index (χ1) is 12.1. The Balaban J connectivity index is 1.72. The number of carboxylic acids is 1. The molecule has 1 fully saturated rings. The number of benzene rings is 2. The van der Waals surface area contributed by atoms with Crippen LogP contribution < -0.4 is 5.32 Å². The summed E-state index contributed by atoms with van der Waals surface area (Å²) in [5, 5.41) is 11.8. The Bertz CT molecular complexity index is 736. The number of aromatic carboxylic acids is 1. The second kappa shape index (κ2) is 7.46. The molecule has 1 heterocycles. The molecule has 1 amide bonds. The van der Waals surface area contributed by atoms with E-state index in [1.165, 1.54) is 24.3 Å². The van der Waals surface area contributed by atoms with E-state index in [9.17, 15) is 9.59 Å². The zero-order valence-corrected chi connectivity index (χ0v) is 13.6. The van der Waals surface area contributed by atoms with E-state index in [0.717, 1.165) is 5.56 Å². The van der Waals surface area contributed by atoms with Gasteiger partial charge in [0.15, 0.2) is 0 Å². The number of carbonyl (C=O) groups excluding carboxylic acids is 1. The maximum Gasteiger partial charge on any atom is 0.335 e. The number of hydrogen-bond acceptors (Lipinski definition) is 4. The van der Waals surface area contributed by atoms with Crippen molar-refractivity contribution in [2.24, 2.45) is 0 Å². The second-order valence-electron chi connectivity index (χ2n) is 5.83. The molecule has 1 aliphatic heterocycles. The fourth-order valence-corrected chi connectivity index (χ4v) is 2.78. The molecule has 2 aromatic rings. The molecule has 0 saturated carbocycles. The Morgan fingerprint density at radius 3 is 2.28 bits per heavy atom. The van der Waals surface area contributed by atoms with Gasteiger partial charge in [-0.3, -0.25) is 4.79 Å². The van der Waals surface area contributed by atoms with Gasteiger partial charge in [-0.05, 0) is 29.8 Å². The molecule has 25 heavy (non-hydrogen) atoms. The van der Waals surface area contributed by atoms with Crippen molar-refractivity contribution >= 4 is 11.9 Å². The van der Waals surface area contributed by atoms with Gasteiger partial charge in [-0.1, -0.05) is 30.3 Å². The van der Waals surface area contributed by atoms with Crippen LogP contribution in [0, 0.1) is 0 Å². The zero-order valence-electron chi connectivity index (χ0n) is 13.6. The molecule has 1 saturated heterocycles. The number of carboxylic acid groups (broad SMARTS) is 1. The van der Waals surface area contributed by atoms with Crippen LogP contribution in [0.2, 0.25) is 0 Å². The van der Waals surface area contributed by atoms with Crippen molar-refractivity contribution in [3.63, 3.8) is 0 Å². The molecule has 0 aromatic heterocycles. The first-order valence-corrected chi connectivity index (χ1v) is 7.99. The van der Waals surface area contributed by atoms with Crippen molar-refractivity contribution in [3.05, 3.63) is 71.3 Å². The summed E-state index contributed by atoms with van der Waals surface area (Å²) in [6, 6.07) is 15.4. The van der Waals surface area contributed by atoms with Crippen molar-refractivity contribution in [2.75, 3.05) is 26.4 Å². The first kappa shape index (κ1) is 17.1. The number of nitrogens with one attached hydrogen (secondary N) is 1. The highest BCUT2D eigenvalue weighted by atomic mass is 16.6. The summed E-state index contributed by atoms with van der Waals surface area (Å²) in [5.41, 5.74) is 0.749. The van der Waals surface area contributed by atoms with Crippen molar-refractivity contribution in [2.45, 2.75) is 5.60 Å². The van der Waals surface area contributed by atoms with E-state index >= 15 is 0 Å². The van der Waals surface area contributed by atoms with E-state index < -0.39 is 11.6 Å². The molecule has 0 aliphatic carbocycles. The Labute approximate surface area is 145 Å². The van der Waals surface area contributed by atoms with E-state index in [4.69, 9.17) is 14.6 Å². The van der Waals surface area contributed by atoms with Gasteiger partial charge in [0.05, 0.1) is 31.9 Å². The Kier molecular flexibility index (Phi) is 5.11. The SMILES string of the molecule is O=C(O)c1ccc(C(=O)NCC2(c3ccccc3)COCCO2)cc1. The topological polar surface area (TPSA) is 84.9 Å². The summed E-state index contributed by atoms with van der Waals surface area (Å²) in [6.07, 6.45) is 0. The van der Waals surface area contributed by atoms with Gasteiger partial charge in [0.2, 0.25) is 0 Å². The van der Waals surface area contributed by atoms with Crippen LogP contribution in [0.4, 0.5) is 0 Å². The number of rotatable bonds is 5. The van der Waals surface area contributed by atoms with Gasteiger partial charge in [0.25, 0.3) is 5.91 Å². The Morgan fingerprint density at radius 1 is 1.00 bits per heavy atom. The number of hydrogen-bond donors (Lipinski definition) is 2. The highest BCUT2D eigenvalue weighted by Gasteiger charge is 2.36. The minimum absolute atomic E-state index is 0.140. The lowest BCUT2D eigenvalue weighted by atomic mass is 9.93. The number of amides is 1. The summed E-state index contributed by atoms with van der Waals surface area (Å²) < 4.78 is 11.5. The van der Waals surface area contributed by atoms with Gasteiger partial charge in [-0.15, -0.1) is 0 Å². The van der Waals surface area contributed by atoms with Crippen LogP contribution in [0.15, 0.2) is 54.6 Å². The molecule has 0 bridgehead atoms. The fraction of sp³-hybridized carbons (Fsp3) is 0.263. The summed E-state index contributed by atoms with van der Waals surface area (Å²) in [4.78, 5) is 23.3. The smallest absolute Gasteiger partial charge is 0.335 e. The highest BCUT2D eigenvalue weighted by molar-refractivity contribution is 5.95. The molecule has 0 spiro atoms. The summed E-state index contributed by atoms with van der Waals surface area (Å²) in [6.45, 7) is 1.60. The monoisotopic (exact) mass is 341 g/mol. The van der Waals surface area contributed by atoms with Crippen LogP contribution in [-0.4, -0.2) is 43.3 Å². The van der Waals surface area contributed by atoms with Crippen LogP contribution in [0.25, 0.3) is 0 Å². The average Bonchev–Trinajstić information content (AvgIpc) is 2.67. The second-order valence-corrected chi connectivity index (χ2v) is 5.83. The average molecular weight is 341 g/mol. The van der Waals surface area contributed by atoms with Gasteiger partial charge in [0.1, 0.15) is 5.60 Å². The third kappa shape index (κ3) is 3.87. The third-order valence-electron chi connectivity index (χ3n) is 4.17. The van der Waals surface area contributed by atoms with Gasteiger partial charge in [0, 0.05) is 5.56 Å². The zero-order chi connectivity index (χ0) is 17.7. The lowest BCUT2D eigenvalue weighted by Gasteiger charge is -2.37. The predicted octanol–water partition coefficient (Wildman–Crippen LogP) is 2.06. The van der Waals surface area contributed by atoms with E-state index in [0.29, 0.717) is 25.4 Å². The molecule has 2 N–H and O–H groups in total. The molecule has 2 aromatic carbocycles. The molecule has 1 aliphatic rings. The molecule has 6 nitrogen and oxygen atoms in total. The number of ether oxygens (including phenoxy) is 2. The van der Waals surface area contributed by atoms with Crippen LogP contribution in [0.1, 0.15) is 26.3 Å². The lowest BCUT2D eigenvalue weighted by molar-refractivity contribution is -0.159. The maximum absolute atomic E-state index is 12.4. The normalized spacial score (nSPS) is 20.0. The Morgan fingerprint density at radius 2 is 1.68 bits per heavy atom. The minimum atomic E-state index is -1.03. The largest absolute Gasteiger partial charge is 0.478 e. The quantitative estimate of drug-likeness (QED) is 0.869. The summed E-state index contributed by atoms with van der Waals surface area (Å²) in [5.74, 6) is -1.32. The molecular weight excluding hydrogens is 322 g/mol. The molecule has 1 atom stereocenters. The van der Waals surface area contributed by atoms with Gasteiger partial charge >= 0.3 is 5.97 Å². The summed E-state index contributed by atoms with van der Waals surface area (Å²) >= 11 is 0. The van der Waals surface area contributed by atoms with Crippen molar-refractivity contribution < 1.29 is 24.2 Å². The molecule has 3 rings (SSSR count). The van der Waals surface area contributed by atoms with E-state index in [-0.39, 0.29) is 18.0 Å². The molecule has 0 radical (unpaired) electrons. The van der Waals surface area contributed by atoms with Gasteiger partial charge in [-0.2, -0.15) is 0 Å². The minimum Gasteiger partial charge on any atom is -0.478 e. The van der Waals surface area contributed by atoms with Gasteiger partial charge in [-0.25, -0.2) is 4.79 Å². The fourth-order valence-electron chi connectivity index (χ4n) is 2.78. The predicted molar refractivity (Wildman–Crippen MR) is 90.6 cm³/mol. The van der Waals surface area contributed by atoms with Crippen LogP contribution in [0.5, 0.6) is 0 Å². The van der Waals surface area contributed by atoms with Crippen LogP contribution in [-0.2, 0) is 15.1 Å². The lowest BCUT2D eigenvalue weighted by Crippen LogP contribution is -2.49. The Hall–Kier alpha value is -2.70. The van der Waals surface area contributed by atoms with E-state index in [1.54, 1.807) is 0 Å². The third-order valence-corrected chi connectivity index (χ3v) is 4.17. The van der Waals surface area contributed by atoms with Crippen molar-refractivity contribution in [3.8, 4) is 0 Å². The van der Waals surface area contributed by atoms with Crippen LogP contribution >= 0.6 is 0 Å². The van der Waals surface area contributed by atoms with Crippen molar-refractivity contribution in [1.29, 1.82) is 0 Å². The van der Waals surface area contributed by atoms with Crippen molar-refractivity contribution in [1.82, 2.24) is 5.32 Å². The van der Waals surface area contributed by atoms with E-state index in [2.05, 4.69) is 5.32 Å². The van der Waals surface area contributed by atoms with Crippen LogP contribution in [0.3, 0.4) is 0 Å². The highest BCUT2D eigenvalue weighted by Crippen LogP contribution is 2.28. The molecule has 130 valence electrons. The standard InChI is InChI=1S/C19H19NO5/c21-17(14-6-8-15(9-7-14)18(22)23)20-12-19(13-24-10-11-25-19)16-4-2-1-3-5-16/h1-9H,10-13H2,(H,20,21)(H,22,23). The molecule has 1 unspecified atom stereocenters. The molecular formula is C19H19NO5. The number of carbonyl (C=O) groups is 2. The van der Waals surface area contributed by atoms with E-state index in [1.807, 2.05) is 30.3 Å².